The zero-order valence-electron chi connectivity index (χ0n) is 20.5. The van der Waals surface area contributed by atoms with Gasteiger partial charge in [-0.15, -0.1) is 0 Å². The number of phenolic OH excluding ortho intramolecular Hbond substituents is 1. The molecule has 182 valence electrons. The van der Waals surface area contributed by atoms with E-state index < -0.39 is 0 Å². The van der Waals surface area contributed by atoms with Gasteiger partial charge in [-0.1, -0.05) is 49.4 Å². The molecule has 1 aliphatic rings. The predicted octanol–water partition coefficient (Wildman–Crippen LogP) is 6.99. The zero-order valence-corrected chi connectivity index (χ0v) is 20.5. The maximum atomic E-state index is 12.5. The minimum absolute atomic E-state index is 0.0705. The van der Waals surface area contributed by atoms with Crippen LogP contribution >= 0.6 is 0 Å². The Labute approximate surface area is 211 Å². The lowest BCUT2D eigenvalue weighted by Crippen LogP contribution is -2.34. The first kappa shape index (κ1) is 23.6. The van der Waals surface area contributed by atoms with Crippen LogP contribution in [-0.2, 0) is 11.2 Å². The van der Waals surface area contributed by atoms with Crippen molar-refractivity contribution < 1.29 is 14.6 Å². The minimum atomic E-state index is 0.0705. The number of nitrogens with zero attached hydrogens (tertiary/aromatic N) is 2. The van der Waals surface area contributed by atoms with Crippen LogP contribution < -0.4 is 4.74 Å². The number of piperidine rings is 1. The fraction of sp³-hybridized carbons (Fsp3) is 0.226. The molecule has 1 amide bonds. The predicted molar refractivity (Wildman–Crippen MR) is 144 cm³/mol. The summed E-state index contributed by atoms with van der Waals surface area (Å²) in [6.07, 6.45) is 7.61. The number of carbonyl (C=O) groups is 1. The van der Waals surface area contributed by atoms with Gasteiger partial charge in [-0.2, -0.15) is 0 Å². The first-order chi connectivity index (χ1) is 17.6. The Morgan fingerprint density at radius 1 is 1.00 bits per heavy atom. The first-order valence-electron chi connectivity index (χ1n) is 12.6. The molecule has 0 atom stereocenters. The van der Waals surface area contributed by atoms with Gasteiger partial charge in [-0.05, 0) is 67.2 Å². The molecule has 3 aromatic carbocycles. The lowest BCUT2D eigenvalue weighted by molar-refractivity contribution is -0.126. The molecule has 2 heterocycles. The molecule has 5 rings (SSSR count). The summed E-state index contributed by atoms with van der Waals surface area (Å²) >= 11 is 0. The Hall–Kier alpha value is -4.12. The van der Waals surface area contributed by atoms with Crippen molar-refractivity contribution in [2.24, 2.45) is 0 Å². The Morgan fingerprint density at radius 2 is 1.75 bits per heavy atom. The molecule has 0 spiro atoms. The van der Waals surface area contributed by atoms with Crippen LogP contribution in [0.4, 0.5) is 0 Å². The van der Waals surface area contributed by atoms with E-state index in [1.54, 1.807) is 18.2 Å². The summed E-state index contributed by atoms with van der Waals surface area (Å²) in [6, 6.07) is 23.0. The van der Waals surface area contributed by atoms with E-state index in [1.165, 1.54) is 6.42 Å². The number of rotatable bonds is 6. The summed E-state index contributed by atoms with van der Waals surface area (Å²) in [6.45, 7) is 3.76. The molecular weight excluding hydrogens is 448 g/mol. The van der Waals surface area contributed by atoms with Crippen molar-refractivity contribution in [3.8, 4) is 28.4 Å². The van der Waals surface area contributed by atoms with Gasteiger partial charge in [0.05, 0.1) is 11.2 Å². The van der Waals surface area contributed by atoms with Crippen LogP contribution in [-0.4, -0.2) is 34.0 Å². The van der Waals surface area contributed by atoms with E-state index in [-0.39, 0.29) is 11.7 Å². The van der Waals surface area contributed by atoms with Crippen molar-refractivity contribution in [3.05, 3.63) is 90.1 Å². The monoisotopic (exact) mass is 478 g/mol. The Morgan fingerprint density at radius 3 is 2.47 bits per heavy atom. The van der Waals surface area contributed by atoms with Crippen LogP contribution in [0.1, 0.15) is 37.4 Å². The molecule has 5 nitrogen and oxygen atoms in total. The van der Waals surface area contributed by atoms with Crippen LogP contribution in [0.3, 0.4) is 0 Å². The maximum absolute atomic E-state index is 12.5. The second kappa shape index (κ2) is 10.6. The number of pyridine rings is 1. The van der Waals surface area contributed by atoms with Crippen molar-refractivity contribution in [2.45, 2.75) is 32.6 Å². The largest absolute Gasteiger partial charge is 0.508 e. The van der Waals surface area contributed by atoms with E-state index in [0.29, 0.717) is 17.0 Å². The van der Waals surface area contributed by atoms with Crippen LogP contribution in [0.25, 0.3) is 28.1 Å². The van der Waals surface area contributed by atoms with Gasteiger partial charge in [0.25, 0.3) is 0 Å². The van der Waals surface area contributed by atoms with Gasteiger partial charge in [0.15, 0.2) is 0 Å². The third kappa shape index (κ3) is 5.10. The molecule has 1 saturated heterocycles. The van der Waals surface area contributed by atoms with Gasteiger partial charge in [0.1, 0.15) is 17.2 Å². The third-order valence-electron chi connectivity index (χ3n) is 6.58. The number of aromatic hydroxyl groups is 1. The van der Waals surface area contributed by atoms with Gasteiger partial charge in [-0.3, -0.25) is 9.78 Å². The average molecular weight is 479 g/mol. The number of benzene rings is 3. The summed E-state index contributed by atoms with van der Waals surface area (Å²) in [5.41, 5.74) is 4.52. The highest BCUT2D eigenvalue weighted by molar-refractivity contribution is 5.94. The van der Waals surface area contributed by atoms with E-state index >= 15 is 0 Å². The SMILES string of the molecule is CCc1nc2cc(O)ccc2c(Oc2ccc(/C=C/C(=O)N3CCCCC3)cc2)c1-c1ccccc1. The molecule has 36 heavy (non-hydrogen) atoms. The summed E-state index contributed by atoms with van der Waals surface area (Å²) in [5.74, 6) is 1.65. The lowest BCUT2D eigenvalue weighted by Gasteiger charge is -2.25. The topological polar surface area (TPSA) is 62.7 Å². The summed E-state index contributed by atoms with van der Waals surface area (Å²) in [4.78, 5) is 19.2. The van der Waals surface area contributed by atoms with Crippen molar-refractivity contribution in [1.29, 1.82) is 0 Å². The van der Waals surface area contributed by atoms with E-state index in [4.69, 9.17) is 9.72 Å². The molecule has 1 fully saturated rings. The third-order valence-corrected chi connectivity index (χ3v) is 6.58. The van der Waals surface area contributed by atoms with E-state index in [0.717, 1.165) is 60.1 Å². The lowest BCUT2D eigenvalue weighted by atomic mass is 9.98. The number of hydrogen-bond acceptors (Lipinski definition) is 4. The number of carbonyl (C=O) groups excluding carboxylic acids is 1. The number of hydrogen-bond donors (Lipinski definition) is 1. The molecule has 0 radical (unpaired) electrons. The number of fused-ring (bicyclic) bond motifs is 1. The molecule has 1 aliphatic heterocycles. The van der Waals surface area contributed by atoms with Gasteiger partial charge >= 0.3 is 0 Å². The summed E-state index contributed by atoms with van der Waals surface area (Å²) in [5, 5.41) is 10.9. The molecule has 1 N–H and O–H groups in total. The number of likely N-dealkylation sites (tertiary alicyclic amines) is 1. The maximum Gasteiger partial charge on any atom is 0.246 e. The molecule has 0 unspecified atom stereocenters. The molecule has 0 saturated carbocycles. The molecular formula is C31H30N2O3. The summed E-state index contributed by atoms with van der Waals surface area (Å²) in [7, 11) is 0. The normalized spacial score (nSPS) is 13.9. The fourth-order valence-electron chi connectivity index (χ4n) is 4.69. The second-order valence-corrected chi connectivity index (χ2v) is 9.07. The zero-order chi connectivity index (χ0) is 24.9. The fourth-order valence-corrected chi connectivity index (χ4v) is 4.69. The second-order valence-electron chi connectivity index (χ2n) is 9.07. The molecule has 1 aromatic heterocycles. The highest BCUT2D eigenvalue weighted by atomic mass is 16.5. The number of aryl methyl sites for hydroxylation is 1. The summed E-state index contributed by atoms with van der Waals surface area (Å²) < 4.78 is 6.51. The molecule has 0 aliphatic carbocycles. The highest BCUT2D eigenvalue weighted by Gasteiger charge is 2.19. The standard InChI is InChI=1S/C31H30N2O3/c1-2-27-30(23-9-5-3-6-10-23)31(26-17-14-24(34)21-28(26)32-27)36-25-15-11-22(12-16-25)13-18-29(35)33-19-7-4-8-20-33/h3,5-6,9-18,21,34H,2,4,7-8,19-20H2,1H3/b18-13+. The van der Waals surface area contributed by atoms with E-state index in [2.05, 4.69) is 19.1 Å². The van der Waals surface area contributed by atoms with Crippen molar-refractivity contribution in [2.75, 3.05) is 13.1 Å². The average Bonchev–Trinajstić information content (AvgIpc) is 2.93. The van der Waals surface area contributed by atoms with Crippen molar-refractivity contribution in [1.82, 2.24) is 9.88 Å². The minimum Gasteiger partial charge on any atom is -0.508 e. The number of phenols is 1. The highest BCUT2D eigenvalue weighted by Crippen LogP contribution is 2.41. The number of ether oxygens (including phenoxy) is 1. The Balaban J connectivity index is 1.47. The van der Waals surface area contributed by atoms with Crippen LogP contribution in [0.5, 0.6) is 17.2 Å². The van der Waals surface area contributed by atoms with Crippen LogP contribution in [0.2, 0.25) is 0 Å². The van der Waals surface area contributed by atoms with Crippen molar-refractivity contribution >= 4 is 22.9 Å². The van der Waals surface area contributed by atoms with Gasteiger partial charge in [0, 0.05) is 36.2 Å². The number of amides is 1. The van der Waals surface area contributed by atoms with Gasteiger partial charge in [0.2, 0.25) is 5.91 Å². The van der Waals surface area contributed by atoms with Crippen molar-refractivity contribution in [3.63, 3.8) is 0 Å². The molecule has 4 aromatic rings. The Kier molecular flexibility index (Phi) is 6.99. The van der Waals surface area contributed by atoms with E-state index in [9.17, 15) is 9.90 Å². The molecule has 5 heteroatoms. The van der Waals surface area contributed by atoms with Crippen LogP contribution in [0.15, 0.2) is 78.9 Å². The van der Waals surface area contributed by atoms with Gasteiger partial charge in [-0.25, -0.2) is 0 Å². The quantitative estimate of drug-likeness (QED) is 0.304. The Bertz CT molecular complexity index is 1390. The number of aromatic nitrogens is 1. The van der Waals surface area contributed by atoms with Crippen LogP contribution in [0, 0.1) is 0 Å². The smallest absolute Gasteiger partial charge is 0.246 e. The first-order valence-corrected chi connectivity index (χ1v) is 12.6. The van der Waals surface area contributed by atoms with E-state index in [1.807, 2.05) is 59.5 Å². The molecule has 0 bridgehead atoms. The van der Waals surface area contributed by atoms with Gasteiger partial charge < -0.3 is 14.7 Å².